The smallest absolute Gasteiger partial charge is 0.0965 e. The first-order valence-corrected chi connectivity index (χ1v) is 6.92. The molecule has 0 aromatic carbocycles. The second kappa shape index (κ2) is 5.22. The Morgan fingerprint density at radius 1 is 1.47 bits per heavy atom. The van der Waals surface area contributed by atoms with Gasteiger partial charge in [-0.1, -0.05) is 13.0 Å². The van der Waals surface area contributed by atoms with Crippen LogP contribution in [0.3, 0.4) is 0 Å². The van der Waals surface area contributed by atoms with Gasteiger partial charge in [0.05, 0.1) is 5.03 Å². The van der Waals surface area contributed by atoms with E-state index < -0.39 is 0 Å². The van der Waals surface area contributed by atoms with Crippen molar-refractivity contribution in [3.63, 3.8) is 0 Å². The first kappa shape index (κ1) is 11.3. The Bertz CT molecular complexity index is 340. The van der Waals surface area contributed by atoms with Gasteiger partial charge in [0.15, 0.2) is 0 Å². The quantitative estimate of drug-likeness (QED) is 0.589. The first-order chi connectivity index (χ1) is 7.29. The highest BCUT2D eigenvalue weighted by molar-refractivity contribution is 7.99. The van der Waals surface area contributed by atoms with Crippen LogP contribution in [-0.2, 0) is 12.8 Å². The Morgan fingerprint density at radius 3 is 3.13 bits per heavy atom. The third kappa shape index (κ3) is 2.88. The topological polar surface area (TPSA) is 12.9 Å². The fourth-order valence-corrected chi connectivity index (χ4v) is 3.30. The SMILES string of the molecule is CC(CCCl)Sc1ccc2c(n1)CCC2. The van der Waals surface area contributed by atoms with Crippen molar-refractivity contribution in [2.24, 2.45) is 0 Å². The van der Waals surface area contributed by atoms with Crippen molar-refractivity contribution in [2.75, 3.05) is 5.88 Å². The largest absolute Gasteiger partial charge is 0.246 e. The molecule has 1 aromatic rings. The molecule has 2 rings (SSSR count). The molecule has 0 spiro atoms. The lowest BCUT2D eigenvalue weighted by Crippen LogP contribution is -1.98. The number of halogens is 1. The highest BCUT2D eigenvalue weighted by Gasteiger charge is 2.13. The summed E-state index contributed by atoms with van der Waals surface area (Å²) in [6.07, 6.45) is 4.69. The van der Waals surface area contributed by atoms with Crippen LogP contribution >= 0.6 is 23.4 Å². The summed E-state index contributed by atoms with van der Waals surface area (Å²) >= 11 is 7.56. The summed E-state index contributed by atoms with van der Waals surface area (Å²) in [6, 6.07) is 4.39. The monoisotopic (exact) mass is 241 g/mol. The van der Waals surface area contributed by atoms with Crippen LogP contribution in [0.15, 0.2) is 17.2 Å². The van der Waals surface area contributed by atoms with E-state index in [1.807, 2.05) is 11.8 Å². The first-order valence-electron chi connectivity index (χ1n) is 5.51. The molecular weight excluding hydrogens is 226 g/mol. The molecule has 1 atom stereocenters. The number of thioether (sulfide) groups is 1. The van der Waals surface area contributed by atoms with Gasteiger partial charge in [0.1, 0.15) is 0 Å². The number of fused-ring (bicyclic) bond motifs is 1. The second-order valence-electron chi connectivity index (χ2n) is 4.01. The van der Waals surface area contributed by atoms with Crippen molar-refractivity contribution >= 4 is 23.4 Å². The molecule has 0 aliphatic heterocycles. The number of pyridine rings is 1. The zero-order valence-electron chi connectivity index (χ0n) is 9.00. The molecule has 3 heteroatoms. The molecule has 1 aliphatic rings. The standard InChI is InChI=1S/C12H16ClNS/c1-9(7-8-13)15-12-6-5-10-3-2-4-11(10)14-12/h5-6,9H,2-4,7-8H2,1H3. The van der Waals surface area contributed by atoms with Gasteiger partial charge in [0.25, 0.3) is 0 Å². The van der Waals surface area contributed by atoms with E-state index in [1.165, 1.54) is 24.1 Å². The molecule has 82 valence electrons. The van der Waals surface area contributed by atoms with E-state index in [2.05, 4.69) is 19.1 Å². The van der Waals surface area contributed by atoms with E-state index >= 15 is 0 Å². The molecule has 1 nitrogen and oxygen atoms in total. The van der Waals surface area contributed by atoms with Gasteiger partial charge in [-0.3, -0.25) is 0 Å². The van der Waals surface area contributed by atoms with Gasteiger partial charge in [-0.25, -0.2) is 4.98 Å². The lowest BCUT2D eigenvalue weighted by molar-refractivity contribution is 0.885. The van der Waals surface area contributed by atoms with E-state index in [4.69, 9.17) is 16.6 Å². The van der Waals surface area contributed by atoms with Crippen LogP contribution in [0, 0.1) is 0 Å². The van der Waals surface area contributed by atoms with Crippen molar-refractivity contribution < 1.29 is 0 Å². The average Bonchev–Trinajstić information content (AvgIpc) is 2.65. The average molecular weight is 242 g/mol. The molecule has 0 fully saturated rings. The van der Waals surface area contributed by atoms with E-state index in [1.54, 1.807) is 0 Å². The zero-order chi connectivity index (χ0) is 10.7. The number of aryl methyl sites for hydroxylation is 2. The number of rotatable bonds is 4. The van der Waals surface area contributed by atoms with Crippen LogP contribution in [0.5, 0.6) is 0 Å². The van der Waals surface area contributed by atoms with Crippen LogP contribution in [0.2, 0.25) is 0 Å². The fourth-order valence-electron chi connectivity index (χ4n) is 1.88. The minimum Gasteiger partial charge on any atom is -0.246 e. The third-order valence-electron chi connectivity index (χ3n) is 2.74. The Morgan fingerprint density at radius 2 is 2.33 bits per heavy atom. The number of nitrogens with zero attached hydrogens (tertiary/aromatic N) is 1. The molecule has 0 bridgehead atoms. The highest BCUT2D eigenvalue weighted by Crippen LogP contribution is 2.27. The number of alkyl halides is 1. The Hall–Kier alpha value is -0.210. The summed E-state index contributed by atoms with van der Waals surface area (Å²) < 4.78 is 0. The maximum atomic E-state index is 5.72. The highest BCUT2D eigenvalue weighted by atomic mass is 35.5. The van der Waals surface area contributed by atoms with Crippen molar-refractivity contribution in [1.29, 1.82) is 0 Å². The van der Waals surface area contributed by atoms with Crippen molar-refractivity contribution in [2.45, 2.75) is 42.9 Å². The van der Waals surface area contributed by atoms with Gasteiger partial charge < -0.3 is 0 Å². The zero-order valence-corrected chi connectivity index (χ0v) is 10.6. The Labute approximate surface area is 101 Å². The predicted octanol–water partition coefficient (Wildman–Crippen LogP) is 3.68. The van der Waals surface area contributed by atoms with Gasteiger partial charge in [0.2, 0.25) is 0 Å². The Balaban J connectivity index is 2.03. The minimum absolute atomic E-state index is 0.564. The summed E-state index contributed by atoms with van der Waals surface area (Å²) in [6.45, 7) is 2.21. The molecule has 1 aromatic heterocycles. The van der Waals surface area contributed by atoms with Crippen LogP contribution < -0.4 is 0 Å². The second-order valence-corrected chi connectivity index (χ2v) is 5.85. The van der Waals surface area contributed by atoms with Gasteiger partial charge in [-0.15, -0.1) is 23.4 Å². The Kier molecular flexibility index (Phi) is 3.92. The molecule has 15 heavy (non-hydrogen) atoms. The normalized spacial score (nSPS) is 16.4. The van der Waals surface area contributed by atoms with E-state index in [9.17, 15) is 0 Å². The number of hydrogen-bond donors (Lipinski definition) is 0. The molecular formula is C12H16ClNS. The number of hydrogen-bond acceptors (Lipinski definition) is 2. The summed E-state index contributed by atoms with van der Waals surface area (Å²) in [7, 11) is 0. The fraction of sp³-hybridized carbons (Fsp3) is 0.583. The predicted molar refractivity (Wildman–Crippen MR) is 66.9 cm³/mol. The molecule has 0 radical (unpaired) electrons. The van der Waals surface area contributed by atoms with E-state index in [0.29, 0.717) is 5.25 Å². The molecule has 0 amide bonds. The molecule has 0 N–H and O–H groups in total. The summed E-state index contributed by atoms with van der Waals surface area (Å²) in [5.74, 6) is 0.735. The summed E-state index contributed by atoms with van der Waals surface area (Å²) in [5.41, 5.74) is 2.77. The van der Waals surface area contributed by atoms with Crippen LogP contribution in [0.1, 0.15) is 31.0 Å². The van der Waals surface area contributed by atoms with Crippen molar-refractivity contribution in [1.82, 2.24) is 4.98 Å². The maximum Gasteiger partial charge on any atom is 0.0965 e. The lowest BCUT2D eigenvalue weighted by atomic mass is 10.2. The van der Waals surface area contributed by atoms with Crippen molar-refractivity contribution in [3.05, 3.63) is 23.4 Å². The van der Waals surface area contributed by atoms with Crippen molar-refractivity contribution in [3.8, 4) is 0 Å². The lowest BCUT2D eigenvalue weighted by Gasteiger charge is -2.09. The molecule has 1 heterocycles. The van der Waals surface area contributed by atoms with Gasteiger partial charge in [0, 0.05) is 16.8 Å². The maximum absolute atomic E-state index is 5.72. The van der Waals surface area contributed by atoms with E-state index in [-0.39, 0.29) is 0 Å². The molecule has 1 unspecified atom stereocenters. The molecule has 1 aliphatic carbocycles. The van der Waals surface area contributed by atoms with Gasteiger partial charge in [-0.05, 0) is 37.3 Å². The summed E-state index contributed by atoms with van der Waals surface area (Å²) in [4.78, 5) is 4.70. The van der Waals surface area contributed by atoms with Crippen LogP contribution in [-0.4, -0.2) is 16.1 Å². The summed E-state index contributed by atoms with van der Waals surface area (Å²) in [5, 5.41) is 1.72. The van der Waals surface area contributed by atoms with Crippen LogP contribution in [0.25, 0.3) is 0 Å². The van der Waals surface area contributed by atoms with Gasteiger partial charge >= 0.3 is 0 Å². The molecule has 0 saturated heterocycles. The minimum atomic E-state index is 0.564. The van der Waals surface area contributed by atoms with Crippen LogP contribution in [0.4, 0.5) is 0 Å². The molecule has 0 saturated carbocycles. The van der Waals surface area contributed by atoms with E-state index in [0.717, 1.165) is 23.7 Å². The number of aromatic nitrogens is 1. The third-order valence-corrected chi connectivity index (χ3v) is 4.07. The van der Waals surface area contributed by atoms with Gasteiger partial charge in [-0.2, -0.15) is 0 Å².